The predicted molar refractivity (Wildman–Crippen MR) is 65.5 cm³/mol. The van der Waals surface area contributed by atoms with Crippen molar-refractivity contribution in [3.05, 3.63) is 12.0 Å². The van der Waals surface area contributed by atoms with Crippen LogP contribution in [0, 0.1) is 5.41 Å². The Hall–Kier alpha value is -0.740. The van der Waals surface area contributed by atoms with Gasteiger partial charge >= 0.3 is 0 Å². The lowest BCUT2D eigenvalue weighted by Crippen LogP contribution is -2.27. The monoisotopic (exact) mass is 231 g/mol. The Labute approximate surface area is 98.8 Å². The Morgan fingerprint density at radius 1 is 1.12 bits per heavy atom. The molecule has 0 aromatic heterocycles. The van der Waals surface area contributed by atoms with Crippen molar-refractivity contribution in [1.82, 2.24) is 4.90 Å². The lowest BCUT2D eigenvalue weighted by molar-refractivity contribution is 0.133. The Morgan fingerprint density at radius 3 is 1.88 bits per heavy atom. The van der Waals surface area contributed by atoms with Gasteiger partial charge in [0.2, 0.25) is 0 Å². The standard InChI is InChI=1S/C12H25NO3/c1-12(2,3)11(14)10-13(6-8-15-4)7-9-16-5/h10,14H,6-9H2,1-5H3/b11-10-. The van der Waals surface area contributed by atoms with Gasteiger partial charge in [-0.15, -0.1) is 0 Å². The van der Waals surface area contributed by atoms with Crippen LogP contribution >= 0.6 is 0 Å². The zero-order valence-electron chi connectivity index (χ0n) is 11.1. The van der Waals surface area contributed by atoms with E-state index in [9.17, 15) is 5.11 Å². The molecule has 0 rings (SSSR count). The third-order valence-corrected chi connectivity index (χ3v) is 2.24. The number of allylic oxidation sites excluding steroid dienone is 1. The van der Waals surface area contributed by atoms with Crippen molar-refractivity contribution in [2.24, 2.45) is 5.41 Å². The lowest BCUT2D eigenvalue weighted by Gasteiger charge is -2.24. The minimum atomic E-state index is -0.224. The van der Waals surface area contributed by atoms with Crippen molar-refractivity contribution in [1.29, 1.82) is 0 Å². The second-order valence-corrected chi connectivity index (χ2v) is 4.79. The molecular weight excluding hydrogens is 206 g/mol. The van der Waals surface area contributed by atoms with E-state index < -0.39 is 0 Å². The van der Waals surface area contributed by atoms with Crippen molar-refractivity contribution in [3.63, 3.8) is 0 Å². The Balaban J connectivity index is 4.38. The van der Waals surface area contributed by atoms with E-state index in [1.54, 1.807) is 20.4 Å². The summed E-state index contributed by atoms with van der Waals surface area (Å²) in [5, 5.41) is 9.89. The maximum atomic E-state index is 9.89. The quantitative estimate of drug-likeness (QED) is 0.681. The summed E-state index contributed by atoms with van der Waals surface area (Å²) in [5.41, 5.74) is -0.224. The van der Waals surface area contributed by atoms with Crippen LogP contribution in [0.3, 0.4) is 0 Å². The first kappa shape index (κ1) is 15.3. The topological polar surface area (TPSA) is 41.9 Å². The summed E-state index contributed by atoms with van der Waals surface area (Å²) in [6.07, 6.45) is 1.78. The lowest BCUT2D eigenvalue weighted by atomic mass is 9.94. The molecule has 0 radical (unpaired) electrons. The number of methoxy groups -OCH3 is 2. The number of hydrogen-bond donors (Lipinski definition) is 1. The van der Waals surface area contributed by atoms with Gasteiger partial charge in [-0.2, -0.15) is 0 Å². The summed E-state index contributed by atoms with van der Waals surface area (Å²) in [5.74, 6) is 0.375. The molecule has 0 bridgehead atoms. The average molecular weight is 231 g/mol. The van der Waals surface area contributed by atoms with Gasteiger partial charge in [0.25, 0.3) is 0 Å². The van der Waals surface area contributed by atoms with Crippen LogP contribution in [0.5, 0.6) is 0 Å². The molecule has 0 aliphatic rings. The van der Waals surface area contributed by atoms with Crippen molar-refractivity contribution >= 4 is 0 Å². The second-order valence-electron chi connectivity index (χ2n) is 4.79. The highest BCUT2D eigenvalue weighted by Gasteiger charge is 2.16. The molecule has 0 saturated carbocycles. The van der Waals surface area contributed by atoms with Crippen LogP contribution in [0.4, 0.5) is 0 Å². The molecule has 4 nitrogen and oxygen atoms in total. The molecule has 0 atom stereocenters. The van der Waals surface area contributed by atoms with Crippen molar-refractivity contribution < 1.29 is 14.6 Å². The summed E-state index contributed by atoms with van der Waals surface area (Å²) in [7, 11) is 3.34. The zero-order chi connectivity index (χ0) is 12.6. The van der Waals surface area contributed by atoms with E-state index in [1.165, 1.54) is 0 Å². The molecule has 0 aromatic carbocycles. The average Bonchev–Trinajstić information content (AvgIpc) is 2.20. The number of nitrogens with zero attached hydrogens (tertiary/aromatic N) is 1. The molecule has 0 spiro atoms. The summed E-state index contributed by atoms with van der Waals surface area (Å²) in [6.45, 7) is 8.70. The first-order chi connectivity index (χ1) is 7.41. The molecule has 0 aromatic rings. The van der Waals surface area contributed by atoms with Gasteiger partial charge in [0.1, 0.15) is 5.76 Å². The number of rotatable bonds is 7. The van der Waals surface area contributed by atoms with Crippen LogP contribution in [-0.2, 0) is 9.47 Å². The van der Waals surface area contributed by atoms with Crippen molar-refractivity contribution in [2.45, 2.75) is 20.8 Å². The minimum Gasteiger partial charge on any atom is -0.510 e. The van der Waals surface area contributed by atoms with E-state index in [4.69, 9.17) is 9.47 Å². The molecule has 0 aliphatic carbocycles. The summed E-state index contributed by atoms with van der Waals surface area (Å²) in [6, 6.07) is 0. The number of aliphatic hydroxyl groups excluding tert-OH is 1. The Bertz CT molecular complexity index is 201. The molecule has 0 unspecified atom stereocenters. The van der Waals surface area contributed by atoms with Gasteiger partial charge in [-0.1, -0.05) is 20.8 Å². The van der Waals surface area contributed by atoms with E-state index in [2.05, 4.69) is 0 Å². The fourth-order valence-corrected chi connectivity index (χ4v) is 1.02. The first-order valence-electron chi connectivity index (χ1n) is 5.55. The van der Waals surface area contributed by atoms with Crippen LogP contribution in [0.2, 0.25) is 0 Å². The van der Waals surface area contributed by atoms with Gasteiger partial charge in [-0.3, -0.25) is 0 Å². The molecule has 16 heavy (non-hydrogen) atoms. The number of aliphatic hydroxyl groups is 1. The van der Waals surface area contributed by atoms with Crippen LogP contribution in [0.25, 0.3) is 0 Å². The van der Waals surface area contributed by atoms with Crippen LogP contribution < -0.4 is 0 Å². The van der Waals surface area contributed by atoms with Gasteiger partial charge in [0.05, 0.1) is 13.2 Å². The Morgan fingerprint density at radius 2 is 1.56 bits per heavy atom. The van der Waals surface area contributed by atoms with Gasteiger partial charge in [0, 0.05) is 38.9 Å². The molecular formula is C12H25NO3. The van der Waals surface area contributed by atoms with Crippen LogP contribution in [-0.4, -0.2) is 50.5 Å². The van der Waals surface area contributed by atoms with E-state index in [-0.39, 0.29) is 5.41 Å². The maximum absolute atomic E-state index is 9.89. The predicted octanol–water partition coefficient (Wildman–Crippen LogP) is 2.03. The molecule has 0 aliphatic heterocycles. The van der Waals surface area contributed by atoms with E-state index in [0.29, 0.717) is 19.0 Å². The molecule has 0 amide bonds. The van der Waals surface area contributed by atoms with Gasteiger partial charge < -0.3 is 19.5 Å². The van der Waals surface area contributed by atoms with Gasteiger partial charge in [-0.05, 0) is 0 Å². The zero-order valence-corrected chi connectivity index (χ0v) is 11.1. The van der Waals surface area contributed by atoms with Crippen molar-refractivity contribution in [3.8, 4) is 0 Å². The number of hydrogen-bond acceptors (Lipinski definition) is 4. The molecule has 1 N–H and O–H groups in total. The third-order valence-electron chi connectivity index (χ3n) is 2.24. The third kappa shape index (κ3) is 6.69. The summed E-state index contributed by atoms with van der Waals surface area (Å²) >= 11 is 0. The Kier molecular flexibility index (Phi) is 7.17. The van der Waals surface area contributed by atoms with E-state index in [0.717, 1.165) is 13.1 Å². The maximum Gasteiger partial charge on any atom is 0.113 e. The smallest absolute Gasteiger partial charge is 0.113 e. The summed E-state index contributed by atoms with van der Waals surface area (Å²) < 4.78 is 10.1. The molecule has 96 valence electrons. The van der Waals surface area contributed by atoms with Crippen molar-refractivity contribution in [2.75, 3.05) is 40.5 Å². The molecule has 0 saturated heterocycles. The van der Waals surface area contributed by atoms with Gasteiger partial charge in [0.15, 0.2) is 0 Å². The molecule has 0 fully saturated rings. The second kappa shape index (κ2) is 7.52. The largest absolute Gasteiger partial charge is 0.510 e. The fraction of sp³-hybridized carbons (Fsp3) is 0.833. The van der Waals surface area contributed by atoms with Crippen LogP contribution in [0.1, 0.15) is 20.8 Å². The molecule has 4 heteroatoms. The number of ether oxygens (including phenoxy) is 2. The first-order valence-corrected chi connectivity index (χ1v) is 5.55. The summed E-state index contributed by atoms with van der Waals surface area (Å²) in [4.78, 5) is 2.01. The van der Waals surface area contributed by atoms with E-state index >= 15 is 0 Å². The highest BCUT2D eigenvalue weighted by molar-refractivity contribution is 5.00. The van der Waals surface area contributed by atoms with Crippen LogP contribution in [0.15, 0.2) is 12.0 Å². The fourth-order valence-electron chi connectivity index (χ4n) is 1.02. The highest BCUT2D eigenvalue weighted by atomic mass is 16.5. The normalized spacial score (nSPS) is 12.9. The van der Waals surface area contributed by atoms with Gasteiger partial charge in [-0.25, -0.2) is 0 Å². The minimum absolute atomic E-state index is 0.224. The SMILES string of the molecule is COCCN(/C=C(\O)C(C)(C)C)CCOC. The van der Waals surface area contributed by atoms with E-state index in [1.807, 2.05) is 25.7 Å². The highest BCUT2D eigenvalue weighted by Crippen LogP contribution is 2.22. The molecule has 0 heterocycles.